The maximum atomic E-state index is 13.8. The van der Waals surface area contributed by atoms with Crippen LogP contribution in [0.15, 0.2) is 36.8 Å². The lowest BCUT2D eigenvalue weighted by atomic mass is 9.96. The van der Waals surface area contributed by atoms with Gasteiger partial charge >= 0.3 is 6.03 Å². The summed E-state index contributed by atoms with van der Waals surface area (Å²) in [5.74, 6) is 0.0189. The molecule has 216 valence electrons. The molecule has 2 bridgehead atoms. The lowest BCUT2D eigenvalue weighted by molar-refractivity contribution is -0.130. The standard InChI is InChI=1S/C28H39N7O5/c1-18(2)32-28(38)33-22-8-7-20-9-12-39-24-6-4-3-5-21(24)27(37)35-11-10-34(15-19-13-29-17-31-19)16-23(35)26(36)30-14-25(22)40-20/h3-6,13,17-18,20,22-23,25H,7-12,14-16H2,1-2H3,(H,29,31)(H,30,36)(H2,32,33,38)/t20-,22+,23-,25+/m0/s1. The zero-order chi connectivity index (χ0) is 28.1. The molecule has 3 aliphatic heterocycles. The molecule has 1 aromatic heterocycles. The molecular weight excluding hydrogens is 514 g/mol. The highest BCUT2D eigenvalue weighted by Crippen LogP contribution is 2.26. The fourth-order valence-corrected chi connectivity index (χ4v) is 5.61. The summed E-state index contributed by atoms with van der Waals surface area (Å²) in [5.41, 5.74) is 1.39. The molecule has 4 heterocycles. The van der Waals surface area contributed by atoms with Crippen molar-refractivity contribution in [1.82, 2.24) is 35.7 Å². The van der Waals surface area contributed by atoms with E-state index in [2.05, 4.69) is 30.8 Å². The number of carbonyl (C=O) groups is 3. The number of aromatic nitrogens is 2. The van der Waals surface area contributed by atoms with Crippen molar-refractivity contribution < 1.29 is 23.9 Å². The second-order valence-corrected chi connectivity index (χ2v) is 11.0. The van der Waals surface area contributed by atoms with Crippen LogP contribution in [0.1, 0.15) is 49.2 Å². The summed E-state index contributed by atoms with van der Waals surface area (Å²) in [6.07, 6.45) is 4.99. The first-order chi connectivity index (χ1) is 19.4. The molecule has 0 saturated carbocycles. The SMILES string of the molecule is CC(C)NC(=O)N[C@@H]1CC[C@H]2CCOc3ccccc3C(=O)N3CCN(Cc4cnc[nH]4)C[C@H]3C(=O)NC[C@H]1O2. The van der Waals surface area contributed by atoms with E-state index < -0.39 is 12.1 Å². The minimum absolute atomic E-state index is 0.000468. The van der Waals surface area contributed by atoms with Gasteiger partial charge in [0.05, 0.1) is 36.7 Å². The van der Waals surface area contributed by atoms with Crippen molar-refractivity contribution in [3.8, 4) is 5.75 Å². The van der Waals surface area contributed by atoms with E-state index in [0.29, 0.717) is 50.5 Å². The number of nitrogens with zero attached hydrogens (tertiary/aromatic N) is 3. The normalized spacial score (nSPS) is 26.1. The van der Waals surface area contributed by atoms with Crippen molar-refractivity contribution in [3.63, 3.8) is 0 Å². The Morgan fingerprint density at radius 3 is 2.83 bits per heavy atom. The summed E-state index contributed by atoms with van der Waals surface area (Å²) in [5, 5.41) is 8.94. The molecule has 3 aliphatic rings. The third-order valence-corrected chi connectivity index (χ3v) is 7.62. The zero-order valence-corrected chi connectivity index (χ0v) is 23.1. The second-order valence-electron chi connectivity index (χ2n) is 11.0. The van der Waals surface area contributed by atoms with E-state index in [4.69, 9.17) is 9.47 Å². The molecule has 5 rings (SSSR count). The highest BCUT2D eigenvalue weighted by atomic mass is 16.5. The molecule has 1 aromatic carbocycles. The molecule has 4 amide bonds. The predicted molar refractivity (Wildman–Crippen MR) is 147 cm³/mol. The molecule has 4 atom stereocenters. The first-order valence-electron chi connectivity index (χ1n) is 14.1. The Kier molecular flexibility index (Phi) is 8.85. The number of ether oxygens (including phenoxy) is 2. The highest BCUT2D eigenvalue weighted by Gasteiger charge is 2.39. The van der Waals surface area contributed by atoms with Crippen LogP contribution in [-0.2, 0) is 16.1 Å². The Morgan fingerprint density at radius 1 is 1.18 bits per heavy atom. The van der Waals surface area contributed by atoms with Crippen LogP contribution in [0.25, 0.3) is 0 Å². The van der Waals surface area contributed by atoms with Crippen molar-refractivity contribution in [2.24, 2.45) is 0 Å². The van der Waals surface area contributed by atoms with Crippen LogP contribution in [0.5, 0.6) is 5.75 Å². The number of fused-ring (bicyclic) bond motifs is 4. The number of amides is 4. The number of aromatic amines is 1. The van der Waals surface area contributed by atoms with Gasteiger partial charge in [-0.05, 0) is 38.8 Å². The average Bonchev–Trinajstić information content (AvgIpc) is 3.45. The molecule has 40 heavy (non-hydrogen) atoms. The number of nitrogens with one attached hydrogen (secondary N) is 4. The van der Waals surface area contributed by atoms with Gasteiger partial charge in [-0.3, -0.25) is 14.5 Å². The molecule has 12 heteroatoms. The van der Waals surface area contributed by atoms with Crippen LogP contribution in [0.4, 0.5) is 4.79 Å². The van der Waals surface area contributed by atoms with E-state index in [1.54, 1.807) is 29.6 Å². The van der Waals surface area contributed by atoms with Gasteiger partial charge in [0.15, 0.2) is 0 Å². The third-order valence-electron chi connectivity index (χ3n) is 7.62. The molecule has 0 unspecified atom stereocenters. The molecule has 12 nitrogen and oxygen atoms in total. The van der Waals surface area contributed by atoms with E-state index in [1.807, 2.05) is 26.0 Å². The third kappa shape index (κ3) is 6.73. The first kappa shape index (κ1) is 27.9. The lowest BCUT2D eigenvalue weighted by Crippen LogP contribution is -2.62. The summed E-state index contributed by atoms with van der Waals surface area (Å²) in [4.78, 5) is 51.0. The predicted octanol–water partition coefficient (Wildman–Crippen LogP) is 1.26. The Hall–Kier alpha value is -3.64. The number of hydrogen-bond acceptors (Lipinski definition) is 7. The van der Waals surface area contributed by atoms with Crippen molar-refractivity contribution in [3.05, 3.63) is 48.0 Å². The molecule has 0 radical (unpaired) electrons. The van der Waals surface area contributed by atoms with Crippen LogP contribution >= 0.6 is 0 Å². The Balaban J connectivity index is 1.38. The van der Waals surface area contributed by atoms with Crippen LogP contribution in [0.3, 0.4) is 0 Å². The minimum Gasteiger partial charge on any atom is -0.493 e. The van der Waals surface area contributed by atoms with Gasteiger partial charge in [-0.15, -0.1) is 0 Å². The first-order valence-corrected chi connectivity index (χ1v) is 14.1. The van der Waals surface area contributed by atoms with E-state index in [0.717, 1.165) is 18.5 Å². The van der Waals surface area contributed by atoms with Crippen LogP contribution in [0.2, 0.25) is 0 Å². The molecule has 4 N–H and O–H groups in total. The number of imidazole rings is 1. The molecule has 2 saturated heterocycles. The topological polar surface area (TPSA) is 141 Å². The van der Waals surface area contributed by atoms with Crippen molar-refractivity contribution in [2.45, 2.75) is 70.0 Å². The molecule has 0 spiro atoms. The lowest BCUT2D eigenvalue weighted by Gasteiger charge is -2.41. The van der Waals surface area contributed by atoms with Gasteiger partial charge in [-0.2, -0.15) is 0 Å². The van der Waals surface area contributed by atoms with E-state index in [-0.39, 0.29) is 42.6 Å². The summed E-state index contributed by atoms with van der Waals surface area (Å²) in [7, 11) is 0. The number of hydrogen-bond donors (Lipinski definition) is 4. The number of carbonyl (C=O) groups excluding carboxylic acids is 3. The van der Waals surface area contributed by atoms with Gasteiger partial charge in [0, 0.05) is 57.1 Å². The van der Waals surface area contributed by atoms with Crippen molar-refractivity contribution >= 4 is 17.8 Å². The Labute approximate surface area is 234 Å². The molecular formula is C28H39N7O5. The number of urea groups is 1. The summed E-state index contributed by atoms with van der Waals surface area (Å²) >= 11 is 0. The van der Waals surface area contributed by atoms with E-state index in [9.17, 15) is 14.4 Å². The van der Waals surface area contributed by atoms with Gasteiger partial charge in [-0.1, -0.05) is 12.1 Å². The maximum Gasteiger partial charge on any atom is 0.315 e. The summed E-state index contributed by atoms with van der Waals surface area (Å²) in [6.45, 7) is 6.38. The molecule has 0 aliphatic carbocycles. The average molecular weight is 554 g/mol. The van der Waals surface area contributed by atoms with Gasteiger partial charge < -0.3 is 35.3 Å². The number of para-hydroxylation sites is 1. The van der Waals surface area contributed by atoms with Gasteiger partial charge in [-0.25, -0.2) is 9.78 Å². The minimum atomic E-state index is -0.713. The van der Waals surface area contributed by atoms with Crippen LogP contribution in [-0.4, -0.2) is 101 Å². The van der Waals surface area contributed by atoms with E-state index in [1.165, 1.54) is 0 Å². The smallest absolute Gasteiger partial charge is 0.315 e. The second kappa shape index (κ2) is 12.7. The van der Waals surface area contributed by atoms with Crippen LogP contribution < -0.4 is 20.7 Å². The zero-order valence-electron chi connectivity index (χ0n) is 23.1. The maximum absolute atomic E-state index is 13.8. The van der Waals surface area contributed by atoms with Crippen LogP contribution in [0, 0.1) is 0 Å². The Bertz CT molecular complexity index is 1170. The fraction of sp³-hybridized carbons (Fsp3) is 0.571. The van der Waals surface area contributed by atoms with E-state index >= 15 is 0 Å². The number of H-pyrrole nitrogens is 1. The summed E-state index contributed by atoms with van der Waals surface area (Å²) in [6, 6.07) is 5.96. The van der Waals surface area contributed by atoms with Crippen molar-refractivity contribution in [2.75, 3.05) is 32.8 Å². The Morgan fingerprint density at radius 2 is 2.02 bits per heavy atom. The molecule has 2 fully saturated rings. The van der Waals surface area contributed by atoms with Crippen molar-refractivity contribution in [1.29, 1.82) is 0 Å². The highest BCUT2D eigenvalue weighted by molar-refractivity contribution is 6.00. The largest absolute Gasteiger partial charge is 0.493 e. The van der Waals surface area contributed by atoms with Gasteiger partial charge in [0.1, 0.15) is 11.8 Å². The molecule has 2 aromatic rings. The van der Waals surface area contributed by atoms with Gasteiger partial charge in [0.2, 0.25) is 5.91 Å². The number of benzene rings is 1. The summed E-state index contributed by atoms with van der Waals surface area (Å²) < 4.78 is 12.5. The number of rotatable bonds is 4. The number of piperazine rings is 1. The quantitative estimate of drug-likeness (QED) is 0.447. The monoisotopic (exact) mass is 553 g/mol. The van der Waals surface area contributed by atoms with Gasteiger partial charge in [0.25, 0.3) is 5.91 Å². The fourth-order valence-electron chi connectivity index (χ4n) is 5.61.